The first-order valence-corrected chi connectivity index (χ1v) is 8.93. The normalized spacial score (nSPS) is 20.7. The molecule has 2 aliphatic heterocycles. The van der Waals surface area contributed by atoms with Crippen molar-refractivity contribution < 1.29 is 18.9 Å². The molecule has 1 fully saturated rings. The minimum absolute atomic E-state index is 0.0338. The van der Waals surface area contributed by atoms with Gasteiger partial charge >= 0.3 is 0 Å². The first kappa shape index (κ1) is 16.8. The second-order valence-electron chi connectivity index (χ2n) is 6.26. The molecule has 0 radical (unpaired) electrons. The largest absolute Gasteiger partial charge is 0.446 e. The van der Waals surface area contributed by atoms with Crippen LogP contribution >= 0.6 is 11.8 Å². The van der Waals surface area contributed by atoms with Gasteiger partial charge in [-0.15, -0.1) is 0 Å². The Balaban J connectivity index is 2.05. The molecule has 0 saturated carbocycles. The highest BCUT2D eigenvalue weighted by Gasteiger charge is 2.44. The van der Waals surface area contributed by atoms with Crippen LogP contribution in [0.25, 0.3) is 0 Å². The van der Waals surface area contributed by atoms with Crippen LogP contribution in [0.3, 0.4) is 0 Å². The number of fused-ring (bicyclic) bond motifs is 1. The van der Waals surface area contributed by atoms with Crippen LogP contribution in [-0.2, 0) is 19.7 Å². The number of para-hydroxylation sites is 1. The Bertz CT molecular complexity index is 752. The lowest BCUT2D eigenvalue weighted by Gasteiger charge is -2.18. The Morgan fingerprint density at radius 3 is 2.83 bits per heavy atom. The van der Waals surface area contributed by atoms with Gasteiger partial charge in [-0.05, 0) is 20.8 Å². The van der Waals surface area contributed by atoms with Crippen LogP contribution < -0.4 is 0 Å². The minimum atomic E-state index is -0.150. The molecule has 2 aliphatic rings. The van der Waals surface area contributed by atoms with E-state index in [1.807, 2.05) is 6.07 Å². The summed E-state index contributed by atoms with van der Waals surface area (Å²) >= 11 is 1.48. The van der Waals surface area contributed by atoms with E-state index >= 15 is 0 Å². The van der Waals surface area contributed by atoms with E-state index < -0.39 is 0 Å². The van der Waals surface area contributed by atoms with Crippen LogP contribution in [0.15, 0.2) is 35.4 Å². The summed E-state index contributed by atoms with van der Waals surface area (Å²) < 4.78 is 7.08. The van der Waals surface area contributed by atoms with E-state index in [2.05, 4.69) is 49.6 Å². The zero-order chi connectivity index (χ0) is 17.3. The van der Waals surface area contributed by atoms with Crippen molar-refractivity contribution in [1.29, 1.82) is 0 Å². The molecular formula is C18H21N2O3S+. The molecule has 2 heterocycles. The van der Waals surface area contributed by atoms with Crippen molar-refractivity contribution in [2.45, 2.75) is 26.2 Å². The van der Waals surface area contributed by atoms with E-state index in [1.54, 1.807) is 0 Å². The maximum absolute atomic E-state index is 12.0. The third-order valence-electron chi connectivity index (χ3n) is 4.56. The monoisotopic (exact) mass is 345 g/mol. The second kappa shape index (κ2) is 6.43. The van der Waals surface area contributed by atoms with Crippen LogP contribution in [-0.4, -0.2) is 46.6 Å². The van der Waals surface area contributed by atoms with E-state index in [0.717, 1.165) is 17.3 Å². The summed E-state index contributed by atoms with van der Waals surface area (Å²) in [6, 6.07) is 8.39. The first-order valence-electron chi connectivity index (χ1n) is 7.95. The molecule has 0 unspecified atom stereocenters. The molecule has 0 atom stereocenters. The van der Waals surface area contributed by atoms with Crippen LogP contribution in [0, 0.1) is 0 Å². The van der Waals surface area contributed by atoms with Crippen molar-refractivity contribution >= 4 is 35.5 Å². The molecule has 3 rings (SSSR count). The zero-order valence-electron chi connectivity index (χ0n) is 14.1. The summed E-state index contributed by atoms with van der Waals surface area (Å²) in [5.74, 6) is 0.339. The molecule has 0 bridgehead atoms. The predicted octanol–water partition coefficient (Wildman–Crippen LogP) is 2.63. The number of ether oxygens (including phenoxy) is 1. The number of carbonyl (C=O) groups is 2. The zero-order valence-corrected chi connectivity index (χ0v) is 14.9. The summed E-state index contributed by atoms with van der Waals surface area (Å²) in [4.78, 5) is 24.0. The van der Waals surface area contributed by atoms with Crippen molar-refractivity contribution in [3.63, 3.8) is 0 Å². The molecule has 6 heteroatoms. The smallest absolute Gasteiger partial charge is 0.294 e. The van der Waals surface area contributed by atoms with Crippen LogP contribution in [0.1, 0.15) is 26.3 Å². The molecule has 1 amide bonds. The van der Waals surface area contributed by atoms with Gasteiger partial charge in [-0.3, -0.25) is 14.5 Å². The molecule has 126 valence electrons. The fourth-order valence-electron chi connectivity index (χ4n) is 3.33. The van der Waals surface area contributed by atoms with Gasteiger partial charge in [0.1, 0.15) is 6.54 Å². The fourth-order valence-corrected chi connectivity index (χ4v) is 4.27. The van der Waals surface area contributed by atoms with Gasteiger partial charge in [-0.1, -0.05) is 30.0 Å². The fraction of sp³-hybridized carbons (Fsp3) is 0.389. The standard InChI is InChI=1S/C18H21N2O3S/c1-4-19-14-8-6-5-7-13(14)18(2,3)15(19)9-17-20(11-23-12-21)16(22)10-24-17/h5-9,12H,4,10-11H2,1-3H3/q+1. The molecule has 5 nitrogen and oxygen atoms in total. The summed E-state index contributed by atoms with van der Waals surface area (Å²) in [6.45, 7) is 7.70. The average Bonchev–Trinajstić information content (AvgIpc) is 3.02. The van der Waals surface area contributed by atoms with Gasteiger partial charge in [-0.2, -0.15) is 4.58 Å². The lowest BCUT2D eigenvalue weighted by molar-refractivity contribution is -0.433. The lowest BCUT2D eigenvalue weighted by atomic mass is 9.81. The lowest BCUT2D eigenvalue weighted by Crippen LogP contribution is -2.31. The summed E-state index contributed by atoms with van der Waals surface area (Å²) in [6.07, 6.45) is 2.06. The molecular weight excluding hydrogens is 324 g/mol. The number of allylic oxidation sites excluding steroid dienone is 1. The summed E-state index contributed by atoms with van der Waals surface area (Å²) in [5, 5.41) is 0.830. The number of amides is 1. The van der Waals surface area contributed by atoms with E-state index in [0.29, 0.717) is 12.2 Å². The molecule has 0 aromatic heterocycles. The third-order valence-corrected chi connectivity index (χ3v) is 5.58. The van der Waals surface area contributed by atoms with Gasteiger partial charge in [0.05, 0.1) is 16.2 Å². The highest BCUT2D eigenvalue weighted by Crippen LogP contribution is 2.41. The number of nitrogens with zero attached hydrogens (tertiary/aromatic N) is 2. The van der Waals surface area contributed by atoms with Crippen molar-refractivity contribution in [2.75, 3.05) is 19.0 Å². The van der Waals surface area contributed by atoms with Gasteiger partial charge < -0.3 is 4.74 Å². The quantitative estimate of drug-likeness (QED) is 0.608. The molecule has 1 aromatic rings. The maximum atomic E-state index is 12.0. The van der Waals surface area contributed by atoms with E-state index in [-0.39, 0.29) is 18.1 Å². The molecule has 0 spiro atoms. The number of thioether (sulfide) groups is 1. The highest BCUT2D eigenvalue weighted by atomic mass is 32.2. The second-order valence-corrected chi connectivity index (χ2v) is 7.25. The Morgan fingerprint density at radius 2 is 2.12 bits per heavy atom. The summed E-state index contributed by atoms with van der Waals surface area (Å²) in [5.41, 5.74) is 3.49. The Hall–Kier alpha value is -2.08. The Morgan fingerprint density at radius 1 is 1.38 bits per heavy atom. The van der Waals surface area contributed by atoms with Gasteiger partial charge in [0.2, 0.25) is 11.6 Å². The van der Waals surface area contributed by atoms with Crippen LogP contribution in [0.4, 0.5) is 5.69 Å². The number of hydrogen-bond acceptors (Lipinski definition) is 4. The number of carbonyl (C=O) groups excluding carboxylic acids is 2. The van der Waals surface area contributed by atoms with Crippen molar-refractivity contribution in [3.8, 4) is 0 Å². The third kappa shape index (κ3) is 2.65. The van der Waals surface area contributed by atoms with E-state index in [4.69, 9.17) is 4.74 Å². The molecule has 0 N–H and O–H groups in total. The highest BCUT2D eigenvalue weighted by molar-refractivity contribution is 8.04. The van der Waals surface area contributed by atoms with Gasteiger partial charge in [-0.25, -0.2) is 0 Å². The molecule has 1 aromatic carbocycles. The van der Waals surface area contributed by atoms with Crippen LogP contribution in [0.5, 0.6) is 0 Å². The molecule has 24 heavy (non-hydrogen) atoms. The SMILES string of the molecule is CC[N+]1=C(/C=C2\SCC(=O)N2COC=O)C(C)(C)c2ccccc21. The van der Waals surface area contributed by atoms with Crippen molar-refractivity contribution in [1.82, 2.24) is 4.90 Å². The first-order chi connectivity index (χ1) is 11.5. The maximum Gasteiger partial charge on any atom is 0.294 e. The Labute approximate surface area is 146 Å². The molecule has 0 aliphatic carbocycles. The van der Waals surface area contributed by atoms with Crippen LogP contribution in [0.2, 0.25) is 0 Å². The van der Waals surface area contributed by atoms with Gasteiger partial charge in [0, 0.05) is 17.7 Å². The number of rotatable bonds is 5. The van der Waals surface area contributed by atoms with Gasteiger partial charge in [0.25, 0.3) is 6.47 Å². The number of benzene rings is 1. The predicted molar refractivity (Wildman–Crippen MR) is 94.3 cm³/mol. The Kier molecular flexibility index (Phi) is 4.49. The number of hydrogen-bond donors (Lipinski definition) is 0. The summed E-state index contributed by atoms with van der Waals surface area (Å²) in [7, 11) is 0. The van der Waals surface area contributed by atoms with Crippen molar-refractivity contribution in [2.24, 2.45) is 0 Å². The topological polar surface area (TPSA) is 49.6 Å². The van der Waals surface area contributed by atoms with Gasteiger partial charge in [0.15, 0.2) is 12.4 Å². The van der Waals surface area contributed by atoms with E-state index in [9.17, 15) is 9.59 Å². The minimum Gasteiger partial charge on any atom is -0.446 e. The average molecular weight is 345 g/mol. The molecule has 1 saturated heterocycles. The van der Waals surface area contributed by atoms with Crippen molar-refractivity contribution in [3.05, 3.63) is 40.9 Å². The van der Waals surface area contributed by atoms with E-state index in [1.165, 1.54) is 27.9 Å².